The number of benzene rings is 2. The predicted molar refractivity (Wildman–Crippen MR) is 99.3 cm³/mol. The van der Waals surface area contributed by atoms with Gasteiger partial charge in [-0.05, 0) is 36.7 Å². The van der Waals surface area contributed by atoms with E-state index < -0.39 is 5.91 Å². The zero-order chi connectivity index (χ0) is 17.8. The van der Waals surface area contributed by atoms with Gasteiger partial charge in [-0.2, -0.15) is 0 Å². The molecule has 1 heterocycles. The second-order valence-corrected chi connectivity index (χ2v) is 6.19. The second kappa shape index (κ2) is 7.46. The number of aliphatic hydroxyl groups is 1. The summed E-state index contributed by atoms with van der Waals surface area (Å²) < 4.78 is 0. The molecule has 130 valence electrons. The van der Waals surface area contributed by atoms with E-state index in [9.17, 15) is 9.90 Å². The number of anilines is 1. The molecule has 1 aliphatic rings. The molecule has 0 spiro atoms. The molecular weight excluding hydrogens is 316 g/mol. The summed E-state index contributed by atoms with van der Waals surface area (Å²) in [6.07, 6.45) is 2.07. The Labute approximate surface area is 146 Å². The molecule has 2 atom stereocenters. The molecule has 6 nitrogen and oxygen atoms in total. The van der Waals surface area contributed by atoms with Gasteiger partial charge in [0, 0.05) is 24.2 Å². The molecule has 6 N–H and O–H groups in total. The number of aliphatic hydroxyl groups excluding tert-OH is 1. The van der Waals surface area contributed by atoms with Gasteiger partial charge in [-0.1, -0.05) is 24.3 Å². The van der Waals surface area contributed by atoms with Crippen molar-refractivity contribution in [3.63, 3.8) is 0 Å². The van der Waals surface area contributed by atoms with Crippen molar-refractivity contribution in [3.05, 3.63) is 59.2 Å². The van der Waals surface area contributed by atoms with Crippen molar-refractivity contribution in [2.75, 3.05) is 18.8 Å². The number of hydrogen-bond donors (Lipinski definition) is 4. The fourth-order valence-electron chi connectivity index (χ4n) is 3.05. The Morgan fingerprint density at radius 3 is 2.68 bits per heavy atom. The summed E-state index contributed by atoms with van der Waals surface area (Å²) in [5, 5.41) is 13.4. The van der Waals surface area contributed by atoms with Crippen LogP contribution < -0.4 is 16.8 Å². The fourth-order valence-corrected chi connectivity index (χ4v) is 3.05. The normalized spacial score (nSPS) is 20.7. The van der Waals surface area contributed by atoms with Crippen molar-refractivity contribution in [1.29, 1.82) is 0 Å². The van der Waals surface area contributed by atoms with Crippen molar-refractivity contribution < 1.29 is 9.90 Å². The number of amides is 1. The van der Waals surface area contributed by atoms with Crippen LogP contribution in [0.2, 0.25) is 0 Å². The fraction of sp³-hybridized carbons (Fsp3) is 0.263. The number of rotatable bonds is 4. The first-order chi connectivity index (χ1) is 12.1. The highest BCUT2D eigenvalue weighted by atomic mass is 16.3. The maximum Gasteiger partial charge on any atom is 0.250 e. The minimum Gasteiger partial charge on any atom is -0.398 e. The van der Waals surface area contributed by atoms with E-state index in [-0.39, 0.29) is 17.6 Å². The minimum absolute atomic E-state index is 0.106. The van der Waals surface area contributed by atoms with E-state index in [0.717, 1.165) is 30.8 Å². The summed E-state index contributed by atoms with van der Waals surface area (Å²) in [4.78, 5) is 15.7. The van der Waals surface area contributed by atoms with E-state index in [2.05, 4.69) is 10.3 Å². The molecule has 1 unspecified atom stereocenters. The number of para-hydroxylation sites is 1. The van der Waals surface area contributed by atoms with Gasteiger partial charge in [0.05, 0.1) is 23.0 Å². The standard InChI is InChI=1S/C19H22N4O2/c20-18-13(2-1-3-15(18)19(21)25)10-23-14-6-4-12(5-7-14)16-11-22-9-8-17(16)24/h1-7,10,16-17,22,24H,8-9,11,20H2,(H2,21,25)/t16-,17?/m1/s1. The van der Waals surface area contributed by atoms with Gasteiger partial charge in [-0.25, -0.2) is 0 Å². The van der Waals surface area contributed by atoms with Gasteiger partial charge in [-0.3, -0.25) is 9.79 Å². The number of nitrogens with zero attached hydrogens (tertiary/aromatic N) is 1. The summed E-state index contributed by atoms with van der Waals surface area (Å²) in [5.74, 6) is -0.452. The van der Waals surface area contributed by atoms with Gasteiger partial charge in [0.2, 0.25) is 0 Å². The highest BCUT2D eigenvalue weighted by molar-refractivity contribution is 6.02. The molecule has 2 aromatic rings. The zero-order valence-electron chi connectivity index (χ0n) is 13.9. The molecule has 1 fully saturated rings. The van der Waals surface area contributed by atoms with Crippen LogP contribution in [0.3, 0.4) is 0 Å². The Bertz CT molecular complexity index is 787. The van der Waals surface area contributed by atoms with E-state index >= 15 is 0 Å². The Morgan fingerprint density at radius 2 is 2.00 bits per heavy atom. The van der Waals surface area contributed by atoms with Crippen LogP contribution in [0.25, 0.3) is 0 Å². The molecule has 1 amide bonds. The molecule has 3 rings (SSSR count). The average Bonchev–Trinajstić information content (AvgIpc) is 2.61. The lowest BCUT2D eigenvalue weighted by Crippen LogP contribution is -2.38. The number of nitrogens with one attached hydrogen (secondary N) is 1. The van der Waals surface area contributed by atoms with Crippen LogP contribution >= 0.6 is 0 Å². The molecule has 0 aromatic heterocycles. The van der Waals surface area contributed by atoms with Gasteiger partial charge in [0.25, 0.3) is 5.91 Å². The Hall–Kier alpha value is -2.70. The maximum atomic E-state index is 11.3. The van der Waals surface area contributed by atoms with Gasteiger partial charge in [-0.15, -0.1) is 0 Å². The molecule has 1 aliphatic heterocycles. The molecule has 25 heavy (non-hydrogen) atoms. The molecule has 0 bridgehead atoms. The van der Waals surface area contributed by atoms with Crippen LogP contribution in [0.5, 0.6) is 0 Å². The first kappa shape index (κ1) is 17.1. The summed E-state index contributed by atoms with van der Waals surface area (Å²) in [5.41, 5.74) is 14.4. The van der Waals surface area contributed by atoms with Crippen LogP contribution in [0, 0.1) is 0 Å². The number of carbonyl (C=O) groups excluding carboxylic acids is 1. The largest absolute Gasteiger partial charge is 0.398 e. The van der Waals surface area contributed by atoms with Crippen molar-refractivity contribution in [2.24, 2.45) is 10.7 Å². The van der Waals surface area contributed by atoms with Crippen LogP contribution in [-0.4, -0.2) is 36.4 Å². The van der Waals surface area contributed by atoms with Crippen LogP contribution in [0.4, 0.5) is 11.4 Å². The van der Waals surface area contributed by atoms with Gasteiger partial charge < -0.3 is 21.9 Å². The highest BCUT2D eigenvalue weighted by Crippen LogP contribution is 2.26. The first-order valence-electron chi connectivity index (χ1n) is 8.27. The second-order valence-electron chi connectivity index (χ2n) is 6.19. The first-order valence-corrected chi connectivity index (χ1v) is 8.27. The topological polar surface area (TPSA) is 114 Å². The van der Waals surface area contributed by atoms with Crippen molar-refractivity contribution in [2.45, 2.75) is 18.4 Å². The molecule has 1 saturated heterocycles. The summed E-state index contributed by atoms with van der Waals surface area (Å²) in [6.45, 7) is 1.63. The zero-order valence-corrected chi connectivity index (χ0v) is 13.9. The molecule has 0 aliphatic carbocycles. The maximum absolute atomic E-state index is 11.3. The summed E-state index contributed by atoms with van der Waals surface area (Å²) >= 11 is 0. The van der Waals surface area contributed by atoms with Gasteiger partial charge in [0.15, 0.2) is 0 Å². The lowest BCUT2D eigenvalue weighted by atomic mass is 9.89. The smallest absolute Gasteiger partial charge is 0.250 e. The lowest BCUT2D eigenvalue weighted by Gasteiger charge is -2.28. The molecular formula is C19H22N4O2. The molecule has 0 saturated carbocycles. The van der Waals surface area contributed by atoms with Gasteiger partial charge >= 0.3 is 0 Å². The van der Waals surface area contributed by atoms with Crippen LogP contribution in [0.15, 0.2) is 47.5 Å². The summed E-state index contributed by atoms with van der Waals surface area (Å²) in [6, 6.07) is 12.9. The molecule has 2 aromatic carbocycles. The number of hydrogen-bond acceptors (Lipinski definition) is 5. The Balaban J connectivity index is 1.76. The number of nitrogen functional groups attached to an aromatic ring is 1. The number of carbonyl (C=O) groups is 1. The monoisotopic (exact) mass is 338 g/mol. The van der Waals surface area contributed by atoms with E-state index in [1.165, 1.54) is 0 Å². The van der Waals surface area contributed by atoms with Crippen molar-refractivity contribution >= 4 is 23.5 Å². The average molecular weight is 338 g/mol. The Kier molecular flexibility index (Phi) is 5.11. The van der Waals surface area contributed by atoms with E-state index in [1.807, 2.05) is 24.3 Å². The van der Waals surface area contributed by atoms with Crippen LogP contribution in [0.1, 0.15) is 33.8 Å². The third-order valence-electron chi connectivity index (χ3n) is 4.52. The molecule has 6 heteroatoms. The van der Waals surface area contributed by atoms with Crippen molar-refractivity contribution in [3.8, 4) is 0 Å². The summed E-state index contributed by atoms with van der Waals surface area (Å²) in [7, 11) is 0. The highest BCUT2D eigenvalue weighted by Gasteiger charge is 2.24. The van der Waals surface area contributed by atoms with E-state index in [0.29, 0.717) is 11.3 Å². The third kappa shape index (κ3) is 3.87. The van der Waals surface area contributed by atoms with E-state index in [1.54, 1.807) is 24.4 Å². The predicted octanol–water partition coefficient (Wildman–Crippen LogP) is 1.56. The van der Waals surface area contributed by atoms with Gasteiger partial charge in [0.1, 0.15) is 0 Å². The minimum atomic E-state index is -0.559. The van der Waals surface area contributed by atoms with Crippen molar-refractivity contribution in [1.82, 2.24) is 5.32 Å². The number of primary amides is 1. The SMILES string of the molecule is NC(=O)c1cccc(C=Nc2ccc([C@H]3CNCCC3O)cc2)c1N. The number of piperidine rings is 1. The number of aliphatic imine (C=N–C) groups is 1. The number of nitrogens with two attached hydrogens (primary N) is 2. The lowest BCUT2D eigenvalue weighted by molar-refractivity contribution is 0.100. The van der Waals surface area contributed by atoms with Crippen LogP contribution in [-0.2, 0) is 0 Å². The third-order valence-corrected chi connectivity index (χ3v) is 4.52. The molecule has 0 radical (unpaired) electrons. The quantitative estimate of drug-likeness (QED) is 0.500. The Morgan fingerprint density at radius 1 is 1.24 bits per heavy atom. The van der Waals surface area contributed by atoms with E-state index in [4.69, 9.17) is 11.5 Å².